The van der Waals surface area contributed by atoms with Gasteiger partial charge in [0.25, 0.3) is 5.95 Å². The minimum absolute atomic E-state index is 0.298. The fourth-order valence-corrected chi connectivity index (χ4v) is 4.36. The lowest BCUT2D eigenvalue weighted by atomic mass is 9.96. The molecule has 0 aliphatic carbocycles. The van der Waals surface area contributed by atoms with E-state index in [1.165, 1.54) is 5.56 Å². The van der Waals surface area contributed by atoms with Crippen LogP contribution >= 0.6 is 11.6 Å². The van der Waals surface area contributed by atoms with Gasteiger partial charge in [0.15, 0.2) is 0 Å². The first kappa shape index (κ1) is 18.7. The first-order chi connectivity index (χ1) is 13.2. The Morgan fingerprint density at radius 1 is 1.22 bits per heavy atom. The standard InChI is InChI=1S/C19H27ClN6O/c1-14-12-26(17-8-10-25(11-9-17)19-21-23-24-22-19)18(13-27-14)7-4-15-2-5-16(20)6-3-15/h2-3,5-6,14,17-18H,4,7-13H2,1H3,(H,21,22,23,24)/t14-,18-/m0/s1. The van der Waals surface area contributed by atoms with Crippen molar-refractivity contribution in [3.05, 3.63) is 34.9 Å². The monoisotopic (exact) mass is 390 g/mol. The van der Waals surface area contributed by atoms with E-state index in [2.05, 4.69) is 49.5 Å². The van der Waals surface area contributed by atoms with Gasteiger partial charge in [-0.3, -0.25) is 4.90 Å². The van der Waals surface area contributed by atoms with Crippen LogP contribution in [0.15, 0.2) is 24.3 Å². The summed E-state index contributed by atoms with van der Waals surface area (Å²) in [4.78, 5) is 4.91. The van der Waals surface area contributed by atoms with E-state index in [1.54, 1.807) is 0 Å². The van der Waals surface area contributed by atoms with E-state index < -0.39 is 0 Å². The molecule has 1 aromatic carbocycles. The Labute approximate surface area is 165 Å². The van der Waals surface area contributed by atoms with Crippen molar-refractivity contribution in [2.75, 3.05) is 31.1 Å². The zero-order chi connectivity index (χ0) is 18.6. The Morgan fingerprint density at radius 3 is 2.70 bits per heavy atom. The second-order valence-corrected chi connectivity index (χ2v) is 8.03. The van der Waals surface area contributed by atoms with Crippen LogP contribution in [-0.4, -0.2) is 70.0 Å². The number of halogens is 1. The van der Waals surface area contributed by atoms with E-state index in [4.69, 9.17) is 16.3 Å². The predicted octanol–water partition coefficient (Wildman–Crippen LogP) is 2.54. The summed E-state index contributed by atoms with van der Waals surface area (Å²) in [5.74, 6) is 0.711. The Hall–Kier alpha value is -1.70. The zero-order valence-electron chi connectivity index (χ0n) is 15.7. The average Bonchev–Trinajstić information content (AvgIpc) is 3.23. The number of benzene rings is 1. The van der Waals surface area contributed by atoms with Crippen molar-refractivity contribution in [3.63, 3.8) is 0 Å². The summed E-state index contributed by atoms with van der Waals surface area (Å²) in [7, 11) is 0. The van der Waals surface area contributed by atoms with Crippen LogP contribution in [0.2, 0.25) is 5.02 Å². The minimum Gasteiger partial charge on any atom is -0.376 e. The highest BCUT2D eigenvalue weighted by Gasteiger charge is 2.34. The number of nitrogens with zero attached hydrogens (tertiary/aromatic N) is 5. The summed E-state index contributed by atoms with van der Waals surface area (Å²) in [6.07, 6.45) is 4.71. The Balaban J connectivity index is 1.36. The van der Waals surface area contributed by atoms with Crippen molar-refractivity contribution in [2.45, 2.75) is 50.8 Å². The number of aromatic nitrogens is 4. The van der Waals surface area contributed by atoms with Gasteiger partial charge in [0.05, 0.1) is 12.7 Å². The number of hydrogen-bond acceptors (Lipinski definition) is 6. The summed E-state index contributed by atoms with van der Waals surface area (Å²) >= 11 is 6.00. The summed E-state index contributed by atoms with van der Waals surface area (Å²) in [5.41, 5.74) is 1.34. The van der Waals surface area contributed by atoms with Crippen molar-refractivity contribution < 1.29 is 4.74 Å². The van der Waals surface area contributed by atoms with Crippen LogP contribution in [0.5, 0.6) is 0 Å². The fourth-order valence-electron chi connectivity index (χ4n) is 4.24. The summed E-state index contributed by atoms with van der Waals surface area (Å²) in [5, 5.41) is 15.2. The van der Waals surface area contributed by atoms with Crippen LogP contribution in [0.3, 0.4) is 0 Å². The van der Waals surface area contributed by atoms with Crippen LogP contribution in [0.1, 0.15) is 31.7 Å². The number of tetrazole rings is 1. The van der Waals surface area contributed by atoms with Crippen molar-refractivity contribution in [3.8, 4) is 0 Å². The summed E-state index contributed by atoms with van der Waals surface area (Å²) < 4.78 is 5.99. The Bertz CT molecular complexity index is 701. The zero-order valence-corrected chi connectivity index (χ0v) is 16.5. The number of H-pyrrole nitrogens is 1. The van der Waals surface area contributed by atoms with E-state index >= 15 is 0 Å². The van der Waals surface area contributed by atoms with E-state index in [-0.39, 0.29) is 0 Å². The first-order valence-corrected chi connectivity index (χ1v) is 10.2. The molecule has 146 valence electrons. The molecule has 0 radical (unpaired) electrons. The number of nitrogens with one attached hydrogen (secondary N) is 1. The van der Waals surface area contributed by atoms with Gasteiger partial charge in [0, 0.05) is 36.7 Å². The van der Waals surface area contributed by atoms with Gasteiger partial charge < -0.3 is 9.64 Å². The third-order valence-corrected chi connectivity index (χ3v) is 5.99. The molecule has 0 saturated carbocycles. The van der Waals surface area contributed by atoms with Gasteiger partial charge in [-0.1, -0.05) is 28.8 Å². The predicted molar refractivity (Wildman–Crippen MR) is 105 cm³/mol. The fraction of sp³-hybridized carbons (Fsp3) is 0.632. The smallest absolute Gasteiger partial charge is 0.265 e. The third-order valence-electron chi connectivity index (χ3n) is 5.74. The highest BCUT2D eigenvalue weighted by molar-refractivity contribution is 6.30. The van der Waals surface area contributed by atoms with Gasteiger partial charge in [-0.05, 0) is 55.5 Å². The molecule has 3 heterocycles. The SMILES string of the molecule is C[C@H]1CN(C2CCN(c3nn[nH]n3)CC2)[C@@H](CCc2ccc(Cl)cc2)CO1. The van der Waals surface area contributed by atoms with Gasteiger partial charge in [-0.2, -0.15) is 5.21 Å². The maximum absolute atomic E-state index is 6.00. The number of morpholine rings is 1. The molecule has 2 saturated heterocycles. The molecule has 2 aromatic rings. The van der Waals surface area contributed by atoms with Gasteiger partial charge in [-0.25, -0.2) is 0 Å². The van der Waals surface area contributed by atoms with Crippen molar-refractivity contribution in [1.29, 1.82) is 0 Å². The molecular weight excluding hydrogens is 364 g/mol. The largest absolute Gasteiger partial charge is 0.376 e. The van der Waals surface area contributed by atoms with Crippen molar-refractivity contribution in [2.24, 2.45) is 0 Å². The molecule has 1 aromatic heterocycles. The first-order valence-electron chi connectivity index (χ1n) is 9.79. The molecule has 27 heavy (non-hydrogen) atoms. The number of aryl methyl sites for hydroxylation is 1. The molecule has 2 atom stereocenters. The molecule has 0 unspecified atom stereocenters. The number of aromatic amines is 1. The molecule has 2 aliphatic heterocycles. The lowest BCUT2D eigenvalue weighted by Gasteiger charge is -2.46. The number of anilines is 1. The molecule has 0 amide bonds. The molecule has 1 N–H and O–H groups in total. The Morgan fingerprint density at radius 2 is 2.00 bits per heavy atom. The topological polar surface area (TPSA) is 70.2 Å². The highest BCUT2D eigenvalue weighted by atomic mass is 35.5. The normalized spacial score (nSPS) is 25.0. The van der Waals surface area contributed by atoms with Gasteiger partial charge in [0.2, 0.25) is 0 Å². The van der Waals surface area contributed by atoms with Crippen LogP contribution < -0.4 is 4.90 Å². The maximum atomic E-state index is 6.00. The minimum atomic E-state index is 0.298. The highest BCUT2D eigenvalue weighted by Crippen LogP contribution is 2.26. The molecule has 0 bridgehead atoms. The Kier molecular flexibility index (Phi) is 5.90. The molecule has 2 fully saturated rings. The summed E-state index contributed by atoms with van der Waals surface area (Å²) in [6, 6.07) is 9.27. The molecule has 7 nitrogen and oxygen atoms in total. The quantitative estimate of drug-likeness (QED) is 0.846. The average molecular weight is 391 g/mol. The van der Waals surface area contributed by atoms with E-state index in [0.29, 0.717) is 24.1 Å². The van der Waals surface area contributed by atoms with Crippen LogP contribution in [0.4, 0.5) is 5.95 Å². The van der Waals surface area contributed by atoms with E-state index in [0.717, 1.165) is 56.9 Å². The number of ether oxygens (including phenoxy) is 1. The lowest BCUT2D eigenvalue weighted by molar-refractivity contribution is -0.0768. The lowest BCUT2D eigenvalue weighted by Crippen LogP contribution is -2.56. The maximum Gasteiger partial charge on any atom is 0.265 e. The second-order valence-electron chi connectivity index (χ2n) is 7.59. The third kappa shape index (κ3) is 4.59. The molecular formula is C19H27ClN6O. The number of piperidine rings is 1. The van der Waals surface area contributed by atoms with Gasteiger partial charge in [-0.15, -0.1) is 5.10 Å². The second kappa shape index (κ2) is 8.54. The van der Waals surface area contributed by atoms with Crippen LogP contribution in [0.25, 0.3) is 0 Å². The molecule has 8 heteroatoms. The van der Waals surface area contributed by atoms with E-state index in [9.17, 15) is 0 Å². The summed E-state index contributed by atoms with van der Waals surface area (Å²) in [6.45, 7) is 5.95. The molecule has 4 rings (SSSR count). The van der Waals surface area contributed by atoms with Gasteiger partial charge >= 0.3 is 0 Å². The molecule has 0 spiro atoms. The van der Waals surface area contributed by atoms with Crippen LogP contribution in [-0.2, 0) is 11.2 Å². The van der Waals surface area contributed by atoms with Crippen molar-refractivity contribution >= 4 is 17.5 Å². The van der Waals surface area contributed by atoms with E-state index in [1.807, 2.05) is 12.1 Å². The van der Waals surface area contributed by atoms with Gasteiger partial charge in [0.1, 0.15) is 0 Å². The molecule has 2 aliphatic rings. The van der Waals surface area contributed by atoms with Crippen LogP contribution in [0, 0.1) is 0 Å². The number of rotatable bonds is 5. The van der Waals surface area contributed by atoms with Crippen molar-refractivity contribution in [1.82, 2.24) is 25.5 Å². The number of hydrogen-bond donors (Lipinski definition) is 1.